The highest BCUT2D eigenvalue weighted by Gasteiger charge is 2.63. The number of fused-ring (bicyclic) bond motifs is 5. The van der Waals surface area contributed by atoms with Crippen LogP contribution in [0.4, 0.5) is 41.0 Å². The minimum Gasteiger partial charge on any atom is -0.463 e. The number of alkyl halides is 8. The van der Waals surface area contributed by atoms with Crippen LogP contribution in [0.2, 0.25) is 0 Å². The molecule has 0 radical (unpaired) electrons. The molecular formula is C83H100Br4F4N20O33P4. The molecule has 14 N–H and O–H groups in total. The number of nitrogen functional groups attached to an aromatic ring is 4. The molecule has 1 amide bonds. The van der Waals surface area contributed by atoms with Gasteiger partial charge in [-0.1, -0.05) is 13.8 Å². The highest BCUT2D eigenvalue weighted by atomic mass is 79.9. The summed E-state index contributed by atoms with van der Waals surface area (Å²) < 4.78 is 202. The molecule has 0 bridgehead atoms. The number of amides is 1. The van der Waals surface area contributed by atoms with Gasteiger partial charge in [0.25, 0.3) is 5.56 Å². The molecular weight excluding hydrogens is 2320 g/mol. The van der Waals surface area contributed by atoms with Gasteiger partial charge in [0.05, 0.1) is 93.8 Å². The van der Waals surface area contributed by atoms with Gasteiger partial charge < -0.3 is 100 Å². The van der Waals surface area contributed by atoms with Gasteiger partial charge in [0.1, 0.15) is 91.8 Å². The van der Waals surface area contributed by atoms with E-state index in [2.05, 4.69) is 119 Å². The lowest BCUT2D eigenvalue weighted by atomic mass is 9.87. The van der Waals surface area contributed by atoms with Crippen molar-refractivity contribution in [3.63, 3.8) is 0 Å². The first kappa shape index (κ1) is 114. The first-order valence-electron chi connectivity index (χ1n) is 44.7. The molecule has 0 aromatic carbocycles. The first-order valence-corrected chi connectivity index (χ1v) is 54.5. The van der Waals surface area contributed by atoms with Crippen molar-refractivity contribution in [2.24, 2.45) is 5.41 Å². The number of nitrogens with two attached hydrogens (primary N) is 4. The van der Waals surface area contributed by atoms with Gasteiger partial charge in [-0.2, -0.15) is 15.0 Å². The standard InChI is InChI=1S/C22H32BrFN7O9P.C21H23BrFN6O7P.C20H23BrFN4O8P.C20H22BrFN3O9P/c1-10(2)38-12(32)5-6-27-18(34)15-21(3,4)8-37-41(35,40-15)36-7-11-14(33)22(23,24)19(39-11)31-9-28-13-16(25)29-20(26)30-17(13)31;1-10-16-13(12(5-25-10)6-33-11(2)30)3-4-37(32,36-16)34-7-14-17(31)21(22,23)20(35-14)29-9-28-15-18(24)26-8-27-19(15)29;1-10-16-13(12(7-24-10)8-31-11(2)27)4-6-35(30,34-16)32-9-14-17(28)20(21,22)18(33-14)26-5-3-15(23)25-19(26)29;1-10-16-13(12(7-23-10)8-31-11(2)26)4-6-35(30,34-16)32-9-14-17(28)20(21,22)18(33-14)25-5-3-15(27)24-19(25)29/h9-11,14-15,19,33H,5-8H2,1-4H3,(H,27,34)(H4,25,26,29,30);5,8-9,14,17,20,31H,3-4,6-7H2,1-2H3,(H2,24,26,27);3,5,7,14,17-18,28H,4,6,8-9H2,1-2H3,(H2,23,25,29);3,5,7,14,17-18,28H,4,6,8-9H2,1-2H3,(H,24,27,29)/t11-,14+,15+,19-,22?,41?;14-,17+,20-,21?,37?;2*14-,17+,18-,20?,35?/m1111/s1. The summed E-state index contributed by atoms with van der Waals surface area (Å²) >= 11 is 11.3. The van der Waals surface area contributed by atoms with Gasteiger partial charge in [-0.05, 0) is 124 Å². The number of aromatic nitrogens is 15. The summed E-state index contributed by atoms with van der Waals surface area (Å²) in [7, 11) is -15.6. The number of rotatable bonds is 27. The molecule has 8 unspecified atom stereocenters. The second kappa shape index (κ2) is 45.1. The quantitative estimate of drug-likeness (QED) is 0.00823. The van der Waals surface area contributed by atoms with Crippen LogP contribution in [-0.2, 0) is 146 Å². The van der Waals surface area contributed by atoms with Crippen molar-refractivity contribution in [1.82, 2.24) is 78.4 Å². The van der Waals surface area contributed by atoms with Crippen LogP contribution in [-0.4, -0.2) is 261 Å². The number of phosphoric acid groups is 1. The van der Waals surface area contributed by atoms with E-state index >= 15 is 17.6 Å². The Hall–Kier alpha value is -9.94. The number of anilines is 4. The second-order valence-corrected chi connectivity index (χ2v) is 48.2. The Bertz CT molecular complexity index is 6960. The number of H-pyrrole nitrogens is 1. The SMILES string of the molecule is CC(=O)OCc1cnc(C)c2c1CCP(=O)(OC[C@H]1O[C@@H](n3ccc(=O)[nH]c3=O)C(F)(Br)[C@H]1O)O2.CC(=O)OCc1cnc(C)c2c1CCP(=O)(OC[C@H]1O[C@@H](n3ccc(N)nc3=O)C(F)(Br)[C@H]1O)O2.CC(=O)OCc1cnc(C)c2c1CCP(=O)(OC[C@H]1O[C@@H](n3cnc4c(N)ncnc43)C(F)(Br)[C@H]1O)O2.CC(C)OC(=O)CCNC(=O)[C@@H]1OP(=O)(OC[C@H]2O[C@@H](n3cnc4c(N)nc(N)nc43)C(F)(Br)[C@H]2O)OCC1(C)C. The maximum Gasteiger partial charge on any atom is 0.475 e. The van der Waals surface area contributed by atoms with Gasteiger partial charge in [0.15, 0.2) is 71.2 Å². The smallest absolute Gasteiger partial charge is 0.463 e. The number of hydrogen-bond acceptors (Lipinski definition) is 47. The Morgan fingerprint density at radius 2 is 0.939 bits per heavy atom. The molecule has 17 heterocycles. The fourth-order valence-corrected chi connectivity index (χ4v) is 25.2. The lowest BCUT2D eigenvalue weighted by Crippen LogP contribution is -2.50. The zero-order chi connectivity index (χ0) is 108. The number of carbonyl (C=O) groups is 5. The van der Waals surface area contributed by atoms with E-state index in [1.54, 1.807) is 67.1 Å². The predicted octanol–water partition coefficient (Wildman–Crippen LogP) is 6.90. The maximum atomic E-state index is 15.7. The van der Waals surface area contributed by atoms with Crippen LogP contribution < -0.4 is 58.8 Å². The number of esters is 4. The number of halogens is 8. The molecule has 0 saturated carbocycles. The lowest BCUT2D eigenvalue weighted by Gasteiger charge is -2.39. The van der Waals surface area contributed by atoms with Gasteiger partial charge in [-0.15, -0.1) is 0 Å². The number of nitrogens with zero attached hydrogens (tertiary/aromatic N) is 14. The summed E-state index contributed by atoms with van der Waals surface area (Å²) in [5.41, 5.74) is 25.3. The number of aryl methyl sites for hydroxylation is 3. The molecule has 806 valence electrons. The molecule has 65 heteroatoms. The number of ether oxygens (including phenoxy) is 8. The molecule has 9 aromatic rings. The van der Waals surface area contributed by atoms with E-state index < -0.39 is 207 Å². The Morgan fingerprint density at radius 1 is 0.541 bits per heavy atom. The molecule has 8 aliphatic heterocycles. The minimum absolute atomic E-state index is 0.00624. The molecule has 9 aromatic heterocycles. The normalized spacial score (nSPS) is 30.1. The number of phosphoric ester groups is 1. The molecule has 0 aliphatic carbocycles. The first-order chi connectivity index (χ1) is 69.4. The van der Waals surface area contributed by atoms with E-state index in [4.69, 9.17) is 102 Å². The Kier molecular flexibility index (Phi) is 34.7. The van der Waals surface area contributed by atoms with Gasteiger partial charge in [0.2, 0.25) is 30.2 Å². The Morgan fingerprint density at radius 3 is 1.35 bits per heavy atom. The highest BCUT2D eigenvalue weighted by molar-refractivity contribution is 9.10. The van der Waals surface area contributed by atoms with Crippen molar-refractivity contribution in [3.8, 4) is 17.2 Å². The average Bonchev–Trinajstić information content (AvgIpc) is 1.58. The number of hydrogen-bond donors (Lipinski definition) is 10. The highest BCUT2D eigenvalue weighted by Crippen LogP contribution is 2.62. The molecule has 8 aliphatic rings. The number of pyridine rings is 3. The van der Waals surface area contributed by atoms with E-state index in [9.17, 15) is 77.0 Å². The van der Waals surface area contributed by atoms with Gasteiger partial charge in [0, 0.05) is 103 Å². The van der Waals surface area contributed by atoms with Crippen molar-refractivity contribution in [2.45, 2.75) is 219 Å². The number of aliphatic hydroxyl groups excluding tert-OH is 4. The molecule has 5 fully saturated rings. The summed E-state index contributed by atoms with van der Waals surface area (Å²) in [6.07, 6.45) is -8.70. The van der Waals surface area contributed by atoms with Crippen molar-refractivity contribution >= 4 is 170 Å². The number of imidazole rings is 2. The third kappa shape index (κ3) is 25.0. The summed E-state index contributed by atoms with van der Waals surface area (Å²) in [5.74, 6) is -1.87. The Labute approximate surface area is 868 Å². The van der Waals surface area contributed by atoms with Crippen LogP contribution in [0, 0.1) is 26.2 Å². The summed E-state index contributed by atoms with van der Waals surface area (Å²) in [6, 6.07) is 2.28. The van der Waals surface area contributed by atoms with E-state index in [0.717, 1.165) is 31.5 Å². The molecule has 0 spiro atoms. The van der Waals surface area contributed by atoms with Crippen molar-refractivity contribution in [3.05, 3.63) is 144 Å². The fourth-order valence-electron chi connectivity index (χ4n) is 16.0. The van der Waals surface area contributed by atoms with Crippen LogP contribution in [0.1, 0.15) is 130 Å². The zero-order valence-electron chi connectivity index (χ0n) is 79.7. The number of carbonyl (C=O) groups excluding carboxylic acids is 5. The van der Waals surface area contributed by atoms with Gasteiger partial charge >= 0.3 is 65.9 Å². The second-order valence-electron chi connectivity index (χ2n) is 35.4. The van der Waals surface area contributed by atoms with E-state index in [-0.39, 0.29) is 133 Å². The van der Waals surface area contributed by atoms with Crippen LogP contribution in [0.15, 0.2) is 76.5 Å². The van der Waals surface area contributed by atoms with Crippen LogP contribution in [0.25, 0.3) is 22.3 Å². The van der Waals surface area contributed by atoms with Crippen LogP contribution in [0.3, 0.4) is 0 Å². The van der Waals surface area contributed by atoms with Crippen molar-refractivity contribution in [2.75, 3.05) is 81.0 Å². The molecule has 53 nitrogen and oxygen atoms in total. The lowest BCUT2D eigenvalue weighted by molar-refractivity contribution is -0.148. The third-order valence-corrected chi connectivity index (χ3v) is 33.8. The zero-order valence-corrected chi connectivity index (χ0v) is 89.6. The molecule has 148 heavy (non-hydrogen) atoms. The Balaban J connectivity index is 0.000000156. The minimum atomic E-state index is -4.38. The third-order valence-electron chi connectivity index (χ3n) is 23.7. The van der Waals surface area contributed by atoms with E-state index in [0.29, 0.717) is 57.7 Å². The van der Waals surface area contributed by atoms with Crippen LogP contribution >= 0.6 is 94.3 Å². The number of nitrogens with one attached hydrogen (secondary N) is 2. The average molecular weight is 2430 g/mol. The van der Waals surface area contributed by atoms with Crippen molar-refractivity contribution < 1.29 is 159 Å². The fraction of sp³-hybridized carbons (Fsp3) is 0.542. The molecule has 17 rings (SSSR count). The van der Waals surface area contributed by atoms with Crippen LogP contribution in [0.5, 0.6) is 17.2 Å². The summed E-state index contributed by atoms with van der Waals surface area (Å²) in [4.78, 5) is 136. The van der Waals surface area contributed by atoms with E-state index in [1.807, 2.05) is 4.98 Å². The van der Waals surface area contributed by atoms with Crippen molar-refractivity contribution in [1.29, 1.82) is 0 Å². The number of aliphatic hydroxyl groups is 4. The molecule has 21 atom stereocenters. The van der Waals surface area contributed by atoms with Gasteiger partial charge in [-0.3, -0.25) is 94.1 Å². The molecule has 5 saturated heterocycles. The monoisotopic (exact) mass is 2420 g/mol. The topological polar surface area (TPSA) is 723 Å². The summed E-state index contributed by atoms with van der Waals surface area (Å²) in [6.45, 7) is 13.3. The largest absolute Gasteiger partial charge is 0.475 e. The predicted molar refractivity (Wildman–Crippen MR) is 517 cm³/mol. The summed E-state index contributed by atoms with van der Waals surface area (Å²) in [5, 5.41) is 44.8. The van der Waals surface area contributed by atoms with Gasteiger partial charge in [-0.25, -0.2) is 65.3 Å². The maximum absolute atomic E-state index is 15.7. The van der Waals surface area contributed by atoms with E-state index in [1.165, 1.54) is 56.6 Å². The number of aromatic amines is 1.